The molecule has 0 radical (unpaired) electrons. The minimum atomic E-state index is -2.51. The number of benzene rings is 4. The zero-order valence-electron chi connectivity index (χ0n) is 27.2. The SMILES string of the molecule is CC=C1COCC1=CC(/C=C/c1ccc(/C=C/C)c2c1C(=O)N(C)C2=O)=C([C]#[Os])[P+](c1ccccc1)(c1ccccc1)c1ccccc1. The zero-order valence-corrected chi connectivity index (χ0v) is 30.6. The molecule has 0 unspecified atom stereocenters. The summed E-state index contributed by atoms with van der Waals surface area (Å²) in [5.41, 5.74) is 5.56. The fourth-order valence-electron chi connectivity index (χ4n) is 6.50. The van der Waals surface area contributed by atoms with Gasteiger partial charge >= 0.3 is 295 Å². The molecule has 6 rings (SSSR count). The van der Waals surface area contributed by atoms with Crippen LogP contribution in [0.2, 0.25) is 0 Å². The number of allylic oxidation sites excluding steroid dienone is 6. The van der Waals surface area contributed by atoms with E-state index < -0.39 is 7.26 Å². The molecule has 0 spiro atoms. The molecule has 239 valence electrons. The van der Waals surface area contributed by atoms with Gasteiger partial charge in [-0.15, -0.1) is 0 Å². The number of hydrogen-bond acceptors (Lipinski definition) is 3. The Morgan fingerprint density at radius 2 is 1.21 bits per heavy atom. The molecule has 2 heterocycles. The van der Waals surface area contributed by atoms with Gasteiger partial charge in [0, 0.05) is 0 Å². The molecule has 0 aliphatic carbocycles. The van der Waals surface area contributed by atoms with Crippen LogP contribution in [0.15, 0.2) is 149 Å². The quantitative estimate of drug-likeness (QED) is 0.105. The van der Waals surface area contributed by atoms with Crippen molar-refractivity contribution in [2.24, 2.45) is 0 Å². The summed E-state index contributed by atoms with van der Waals surface area (Å²) >= 11 is 1.73. The molecule has 6 heteroatoms. The first-order chi connectivity index (χ1) is 23.4. The molecule has 4 nitrogen and oxygen atoms in total. The number of ether oxygens (including phenoxy) is 1. The van der Waals surface area contributed by atoms with E-state index in [9.17, 15) is 9.59 Å². The van der Waals surface area contributed by atoms with Gasteiger partial charge in [0.2, 0.25) is 0 Å². The van der Waals surface area contributed by atoms with Crippen LogP contribution in [0.4, 0.5) is 0 Å². The third-order valence-electron chi connectivity index (χ3n) is 8.82. The fraction of sp³-hybridized carbons (Fsp3) is 0.119. The van der Waals surface area contributed by atoms with E-state index in [-0.39, 0.29) is 11.8 Å². The third kappa shape index (κ3) is 6.01. The van der Waals surface area contributed by atoms with E-state index in [0.717, 1.165) is 27.6 Å². The van der Waals surface area contributed by atoms with Gasteiger partial charge in [-0.2, -0.15) is 0 Å². The number of fused-ring (bicyclic) bond motifs is 1. The van der Waals surface area contributed by atoms with Crippen molar-refractivity contribution in [3.8, 4) is 4.37 Å². The van der Waals surface area contributed by atoms with Crippen LogP contribution in [-0.4, -0.2) is 37.0 Å². The monoisotopic (exact) mass is 825 g/mol. The van der Waals surface area contributed by atoms with Crippen LogP contribution in [0, 0.1) is 4.37 Å². The standard InChI is InChI=1S/C42H36NO3P.Os/c1-5-16-32-23-24-33(40-39(32)41(44)43(4)42(40)45)25-26-34(27-35-29-46-28-31(35)6-2)30(3)47(36-17-10-7-11-18-36,37-19-12-8-13-20-37)38-21-14-9-15-22-38;/h5-27H,28-29H2,1-2,4H3;/q+1;/b16-5+,26-25+,31-6?,34-30?,35-27?;. The molecular weight excluding hydrogens is 788 g/mol. The van der Waals surface area contributed by atoms with Crippen molar-refractivity contribution in [2.45, 2.75) is 13.8 Å². The summed E-state index contributed by atoms with van der Waals surface area (Å²) in [6.45, 7) is 5.02. The Balaban J connectivity index is 1.70. The molecule has 1 saturated heterocycles. The van der Waals surface area contributed by atoms with Gasteiger partial charge in [-0.3, -0.25) is 0 Å². The molecule has 0 atom stereocenters. The number of carbonyl (C=O) groups excluding carboxylic acids is 2. The number of rotatable bonds is 8. The summed E-state index contributed by atoms with van der Waals surface area (Å²) < 4.78 is 9.67. The third-order valence-corrected chi connectivity index (χ3v) is 14.2. The molecule has 2 amide bonds. The second kappa shape index (κ2) is 14.7. The predicted molar refractivity (Wildman–Crippen MR) is 195 cm³/mol. The first-order valence-corrected chi connectivity index (χ1v) is 18.9. The topological polar surface area (TPSA) is 46.6 Å². The van der Waals surface area contributed by atoms with Crippen LogP contribution >= 0.6 is 7.26 Å². The maximum atomic E-state index is 13.5. The minimum absolute atomic E-state index is 0.281. The van der Waals surface area contributed by atoms with Gasteiger partial charge in [0.25, 0.3) is 0 Å². The first kappa shape index (κ1) is 33.4. The first-order valence-electron chi connectivity index (χ1n) is 15.9. The molecule has 0 N–H and O–H groups in total. The van der Waals surface area contributed by atoms with Crippen molar-refractivity contribution in [1.82, 2.24) is 4.90 Å². The van der Waals surface area contributed by atoms with E-state index in [2.05, 4.69) is 114 Å². The van der Waals surface area contributed by atoms with Gasteiger partial charge in [-0.05, 0) is 0 Å². The van der Waals surface area contributed by atoms with Crippen LogP contribution in [0.25, 0.3) is 12.2 Å². The van der Waals surface area contributed by atoms with Crippen molar-refractivity contribution in [1.29, 1.82) is 0 Å². The summed E-state index contributed by atoms with van der Waals surface area (Å²) in [5, 5.41) is 4.73. The number of hydrogen-bond donors (Lipinski definition) is 0. The Labute approximate surface area is 293 Å². The Morgan fingerprint density at radius 1 is 0.729 bits per heavy atom. The number of imide groups is 1. The van der Waals surface area contributed by atoms with E-state index in [1.54, 1.807) is 25.0 Å². The van der Waals surface area contributed by atoms with Gasteiger partial charge in [-0.1, -0.05) is 0 Å². The van der Waals surface area contributed by atoms with E-state index in [0.29, 0.717) is 29.9 Å². The fourth-order valence-corrected chi connectivity index (χ4v) is 12.3. The molecular formula is C42H36NO3OsP+. The summed E-state index contributed by atoms with van der Waals surface area (Å²) in [4.78, 5) is 27.9. The van der Waals surface area contributed by atoms with Gasteiger partial charge in [-0.25, -0.2) is 0 Å². The van der Waals surface area contributed by atoms with Crippen molar-refractivity contribution in [3.63, 3.8) is 0 Å². The number of amides is 2. The van der Waals surface area contributed by atoms with Crippen LogP contribution in [-0.2, 0) is 22.7 Å². The van der Waals surface area contributed by atoms with Gasteiger partial charge in [0.05, 0.1) is 0 Å². The second-order valence-corrected chi connectivity index (χ2v) is 15.5. The normalized spacial score (nSPS) is 17.1. The Kier molecular flexibility index (Phi) is 10.3. The van der Waals surface area contributed by atoms with Crippen molar-refractivity contribution < 1.29 is 32.3 Å². The van der Waals surface area contributed by atoms with Crippen molar-refractivity contribution in [2.75, 3.05) is 20.3 Å². The van der Waals surface area contributed by atoms with Crippen molar-refractivity contribution in [3.05, 3.63) is 172 Å². The molecule has 1 fully saturated rings. The molecule has 0 saturated carbocycles. The van der Waals surface area contributed by atoms with E-state index >= 15 is 0 Å². The van der Waals surface area contributed by atoms with E-state index in [1.165, 1.54) is 20.8 Å². The van der Waals surface area contributed by atoms with E-state index in [4.69, 9.17) is 4.74 Å². The van der Waals surface area contributed by atoms with Gasteiger partial charge in [0.1, 0.15) is 0 Å². The zero-order chi connectivity index (χ0) is 33.7. The molecule has 2 aliphatic heterocycles. The second-order valence-electron chi connectivity index (χ2n) is 11.5. The predicted octanol–water partition coefficient (Wildman–Crippen LogP) is 7.62. The van der Waals surface area contributed by atoms with Gasteiger partial charge in [0.15, 0.2) is 0 Å². The molecule has 48 heavy (non-hydrogen) atoms. The summed E-state index contributed by atoms with van der Waals surface area (Å²) in [5.74, 6) is -0.573. The maximum absolute atomic E-state index is 13.5. The molecule has 0 bridgehead atoms. The Morgan fingerprint density at radius 3 is 1.67 bits per heavy atom. The van der Waals surface area contributed by atoms with Crippen molar-refractivity contribution >= 4 is 47.1 Å². The number of carbonyl (C=O) groups is 2. The molecule has 0 aromatic heterocycles. The molecule has 2 aliphatic rings. The van der Waals surface area contributed by atoms with Gasteiger partial charge < -0.3 is 0 Å². The Bertz CT molecular complexity index is 1970. The van der Waals surface area contributed by atoms with Crippen LogP contribution in [0.5, 0.6) is 0 Å². The van der Waals surface area contributed by atoms with Crippen LogP contribution in [0.3, 0.4) is 0 Å². The van der Waals surface area contributed by atoms with Crippen LogP contribution < -0.4 is 15.9 Å². The summed E-state index contributed by atoms with van der Waals surface area (Å²) in [7, 11) is -0.963. The summed E-state index contributed by atoms with van der Waals surface area (Å²) in [6, 6.07) is 36.0. The molecule has 4 aromatic rings. The Hall–Kier alpha value is -4.47. The average Bonchev–Trinajstić information content (AvgIpc) is 3.68. The van der Waals surface area contributed by atoms with E-state index in [1.807, 2.05) is 44.2 Å². The average molecular weight is 824 g/mol. The van der Waals surface area contributed by atoms with Crippen LogP contribution in [0.1, 0.15) is 45.7 Å². The number of nitrogens with zero attached hydrogens (tertiary/aromatic N) is 1. The molecule has 4 aromatic carbocycles. The summed E-state index contributed by atoms with van der Waals surface area (Å²) in [6.07, 6.45) is 12.2.